The normalized spacial score (nSPS) is 20.8. The van der Waals surface area contributed by atoms with Crippen LogP contribution in [0.2, 0.25) is 0 Å². The fourth-order valence-electron chi connectivity index (χ4n) is 3.35. The van der Waals surface area contributed by atoms with Gasteiger partial charge in [0, 0.05) is 19.2 Å². The van der Waals surface area contributed by atoms with Gasteiger partial charge in [0.15, 0.2) is 0 Å². The lowest BCUT2D eigenvalue weighted by atomic mass is 10.0. The van der Waals surface area contributed by atoms with Crippen molar-refractivity contribution >= 4 is 15.8 Å². The van der Waals surface area contributed by atoms with Gasteiger partial charge in [-0.3, -0.25) is 5.32 Å². The van der Waals surface area contributed by atoms with Crippen molar-refractivity contribution in [1.82, 2.24) is 4.31 Å². The summed E-state index contributed by atoms with van der Waals surface area (Å²) < 4.78 is 37.4. The van der Waals surface area contributed by atoms with Crippen molar-refractivity contribution in [1.29, 1.82) is 0 Å². The van der Waals surface area contributed by atoms with Gasteiger partial charge >= 0.3 is 0 Å². The molecule has 0 unspecified atom stereocenters. The Morgan fingerprint density at radius 1 is 1.15 bits per heavy atom. The van der Waals surface area contributed by atoms with Crippen molar-refractivity contribution in [2.45, 2.75) is 24.3 Å². The number of aromatic nitrogens is 1. The van der Waals surface area contributed by atoms with Crippen LogP contribution in [0.15, 0.2) is 23.2 Å². The van der Waals surface area contributed by atoms with Crippen LogP contribution in [0.1, 0.15) is 13.8 Å². The zero-order valence-corrected chi connectivity index (χ0v) is 16.4. The summed E-state index contributed by atoms with van der Waals surface area (Å²) in [5.74, 6) is 0.812. The van der Waals surface area contributed by atoms with Crippen LogP contribution in [0.5, 0.6) is 0 Å². The second-order valence-corrected chi connectivity index (χ2v) is 9.35. The summed E-state index contributed by atoms with van der Waals surface area (Å²) in [4.78, 5) is 4.87. The number of nitrogens with zero attached hydrogens (tertiary/aromatic N) is 1. The predicted molar refractivity (Wildman–Crippen MR) is 96.7 cm³/mol. The van der Waals surface area contributed by atoms with E-state index in [9.17, 15) is 8.42 Å². The van der Waals surface area contributed by atoms with Crippen molar-refractivity contribution in [2.24, 2.45) is 0 Å². The van der Waals surface area contributed by atoms with Crippen LogP contribution in [0.25, 0.3) is 0 Å². The first-order valence-corrected chi connectivity index (χ1v) is 10.6. The van der Waals surface area contributed by atoms with Crippen molar-refractivity contribution < 1.29 is 27.8 Å². The van der Waals surface area contributed by atoms with Crippen LogP contribution < -0.4 is 15.2 Å². The maximum atomic E-state index is 12.6. The number of anilines is 1. The lowest BCUT2D eigenvalue weighted by Crippen LogP contribution is -3.21. The fraction of sp³-hybridized carbons (Fsp3) is 0.706. The molecule has 2 saturated heterocycles. The SMILES string of the molecule is CC(C)(CNc1ccc(S(=O)(=O)N2CCOCC2)c[nH+]1)[NH+]1CCOCC1. The molecule has 0 radical (unpaired) electrons. The molecule has 0 saturated carbocycles. The first-order valence-electron chi connectivity index (χ1n) is 9.16. The van der Waals surface area contributed by atoms with Gasteiger partial charge in [0.25, 0.3) is 5.82 Å². The van der Waals surface area contributed by atoms with E-state index in [0.717, 1.165) is 38.7 Å². The number of sulfonamides is 1. The first kappa shape index (κ1) is 19.5. The van der Waals surface area contributed by atoms with Crippen LogP contribution in [0.4, 0.5) is 5.82 Å². The van der Waals surface area contributed by atoms with Gasteiger partial charge in [-0.2, -0.15) is 4.31 Å². The third-order valence-corrected chi connectivity index (χ3v) is 7.06. The van der Waals surface area contributed by atoms with E-state index >= 15 is 0 Å². The molecule has 3 rings (SSSR count). The molecule has 26 heavy (non-hydrogen) atoms. The lowest BCUT2D eigenvalue weighted by molar-refractivity contribution is -0.953. The third-order valence-electron chi connectivity index (χ3n) is 5.17. The van der Waals surface area contributed by atoms with Crippen molar-refractivity contribution in [3.8, 4) is 0 Å². The number of H-pyrrole nitrogens is 1. The average molecular weight is 387 g/mol. The Hall–Kier alpha value is -1.26. The van der Waals surface area contributed by atoms with Gasteiger partial charge in [-0.25, -0.2) is 13.4 Å². The molecule has 0 aliphatic carbocycles. The van der Waals surface area contributed by atoms with Gasteiger partial charge in [-0.05, 0) is 19.9 Å². The van der Waals surface area contributed by atoms with Crippen molar-refractivity contribution in [2.75, 3.05) is 64.5 Å². The molecule has 0 spiro atoms. The van der Waals surface area contributed by atoms with Crippen LogP contribution in [0, 0.1) is 0 Å². The highest BCUT2D eigenvalue weighted by atomic mass is 32.2. The Morgan fingerprint density at radius 2 is 1.81 bits per heavy atom. The summed E-state index contributed by atoms with van der Waals surface area (Å²) in [5.41, 5.74) is 0.0656. The van der Waals surface area contributed by atoms with Gasteiger partial charge in [0.2, 0.25) is 10.0 Å². The van der Waals surface area contributed by atoms with E-state index in [1.165, 1.54) is 9.21 Å². The number of hydrogen-bond acceptors (Lipinski definition) is 5. The summed E-state index contributed by atoms with van der Waals surface area (Å²) in [5, 5.41) is 3.39. The van der Waals surface area contributed by atoms with Gasteiger partial charge in [-0.15, -0.1) is 0 Å². The van der Waals surface area contributed by atoms with Gasteiger partial charge in [0.05, 0.1) is 26.4 Å². The standard InChI is InChI=1S/C17H28N4O4S/c1-17(2,20-5-9-24-10-6-20)14-19-16-4-3-15(13-18-16)26(22,23)21-7-11-25-12-8-21/h3-4,13H,5-12,14H2,1-2H3,(H,18,19)/p+2. The zero-order chi connectivity index (χ0) is 18.6. The largest absolute Gasteiger partial charge is 0.379 e. The lowest BCUT2D eigenvalue weighted by Gasteiger charge is -2.36. The number of nitrogens with one attached hydrogen (secondary N) is 3. The highest BCUT2D eigenvalue weighted by Crippen LogP contribution is 2.16. The van der Waals surface area contributed by atoms with E-state index in [1.54, 1.807) is 18.3 Å². The van der Waals surface area contributed by atoms with Crippen LogP contribution in [-0.4, -0.2) is 77.4 Å². The first-order chi connectivity index (χ1) is 12.4. The monoisotopic (exact) mass is 386 g/mol. The molecule has 3 heterocycles. The highest BCUT2D eigenvalue weighted by Gasteiger charge is 2.34. The Bertz CT molecular complexity index is 681. The molecular weight excluding hydrogens is 356 g/mol. The van der Waals surface area contributed by atoms with Gasteiger partial charge in [-0.1, -0.05) is 0 Å². The van der Waals surface area contributed by atoms with Gasteiger partial charge in [0.1, 0.15) is 36.3 Å². The number of pyridine rings is 1. The van der Waals surface area contributed by atoms with Crippen LogP contribution >= 0.6 is 0 Å². The summed E-state index contributed by atoms with van der Waals surface area (Å²) in [7, 11) is -3.46. The third kappa shape index (κ3) is 4.52. The number of ether oxygens (including phenoxy) is 2. The summed E-state index contributed by atoms with van der Waals surface area (Å²) in [6.45, 7) is 10.6. The number of aromatic amines is 1. The number of rotatable bonds is 6. The quantitative estimate of drug-likeness (QED) is 0.630. The van der Waals surface area contributed by atoms with Crippen LogP contribution in [0.3, 0.4) is 0 Å². The van der Waals surface area contributed by atoms with Crippen molar-refractivity contribution in [3.05, 3.63) is 18.3 Å². The van der Waals surface area contributed by atoms with E-state index in [-0.39, 0.29) is 10.4 Å². The summed E-state index contributed by atoms with van der Waals surface area (Å²) >= 11 is 0. The van der Waals surface area contributed by atoms with E-state index in [2.05, 4.69) is 24.1 Å². The van der Waals surface area contributed by atoms with Crippen molar-refractivity contribution in [3.63, 3.8) is 0 Å². The molecule has 1 aromatic rings. The minimum absolute atomic E-state index is 0.0656. The number of morpholine rings is 2. The second-order valence-electron chi connectivity index (χ2n) is 7.41. The fourth-order valence-corrected chi connectivity index (χ4v) is 4.73. The molecule has 2 fully saturated rings. The summed E-state index contributed by atoms with van der Waals surface area (Å²) in [6.07, 6.45) is 1.56. The van der Waals surface area contributed by atoms with Gasteiger partial charge < -0.3 is 14.4 Å². The smallest absolute Gasteiger partial charge is 0.272 e. The summed E-state index contributed by atoms with van der Waals surface area (Å²) in [6, 6.07) is 3.44. The Balaban J connectivity index is 1.60. The molecule has 0 atom stereocenters. The molecule has 9 heteroatoms. The van der Waals surface area contributed by atoms with E-state index in [0.29, 0.717) is 26.3 Å². The van der Waals surface area contributed by atoms with E-state index in [1.807, 2.05) is 0 Å². The Morgan fingerprint density at radius 3 is 2.42 bits per heavy atom. The minimum Gasteiger partial charge on any atom is -0.379 e. The molecule has 146 valence electrons. The number of quaternary nitrogens is 1. The Labute approximate surface area is 155 Å². The highest BCUT2D eigenvalue weighted by molar-refractivity contribution is 7.89. The van der Waals surface area contributed by atoms with E-state index in [4.69, 9.17) is 9.47 Å². The molecule has 1 aromatic heterocycles. The van der Waals surface area contributed by atoms with E-state index < -0.39 is 10.0 Å². The Kier molecular flexibility index (Phi) is 6.13. The molecule has 3 N–H and O–H groups in total. The maximum Gasteiger partial charge on any atom is 0.272 e. The molecule has 8 nitrogen and oxygen atoms in total. The molecule has 0 aromatic carbocycles. The average Bonchev–Trinajstić information content (AvgIpc) is 2.68. The predicted octanol–water partition coefficient (Wildman–Crippen LogP) is -1.37. The number of hydrogen-bond donors (Lipinski definition) is 2. The van der Waals surface area contributed by atoms with Crippen LogP contribution in [-0.2, 0) is 19.5 Å². The molecule has 2 aliphatic rings. The maximum absolute atomic E-state index is 12.6. The molecular formula is C17H30N4O4S+2. The second kappa shape index (κ2) is 8.18. The molecule has 0 bridgehead atoms. The molecule has 2 aliphatic heterocycles. The molecule has 0 amide bonds. The minimum atomic E-state index is -3.46. The zero-order valence-electron chi connectivity index (χ0n) is 15.6. The topological polar surface area (TPSA) is 86.5 Å².